The fraction of sp³-hybridized carbons (Fsp3) is 1.00. The van der Waals surface area contributed by atoms with Gasteiger partial charge in [0, 0.05) is 18.6 Å². The average molecular weight is 224 g/mol. The average Bonchev–Trinajstić information content (AvgIpc) is 2.97. The van der Waals surface area contributed by atoms with E-state index < -0.39 is 0 Å². The van der Waals surface area contributed by atoms with Gasteiger partial charge >= 0.3 is 0 Å². The topological polar surface area (TPSA) is 15.3 Å². The molecule has 0 saturated heterocycles. The summed E-state index contributed by atoms with van der Waals surface area (Å²) in [5.74, 6) is 1.92. The predicted octanol–water partition coefficient (Wildman–Crippen LogP) is 2.49. The van der Waals surface area contributed by atoms with E-state index in [1.807, 2.05) is 0 Å². The molecule has 2 heteroatoms. The molecule has 0 aromatic carbocycles. The highest BCUT2D eigenvalue weighted by atomic mass is 15.1. The largest absolute Gasteiger partial charge is 0.312 e. The number of hydrogen-bond donors (Lipinski definition) is 1. The van der Waals surface area contributed by atoms with Crippen LogP contribution in [0.3, 0.4) is 0 Å². The van der Waals surface area contributed by atoms with E-state index in [1.54, 1.807) is 0 Å². The normalized spacial score (nSPS) is 32.2. The van der Waals surface area contributed by atoms with Crippen molar-refractivity contribution in [1.82, 2.24) is 10.2 Å². The summed E-state index contributed by atoms with van der Waals surface area (Å²) in [6, 6.07) is 1.59. The molecule has 3 atom stereocenters. The summed E-state index contributed by atoms with van der Waals surface area (Å²) in [7, 11) is 4.47. The first kappa shape index (κ1) is 12.4. The van der Waals surface area contributed by atoms with Gasteiger partial charge in [-0.2, -0.15) is 0 Å². The maximum Gasteiger partial charge on any atom is 0.0242 e. The Kier molecular flexibility index (Phi) is 4.26. The predicted molar refractivity (Wildman–Crippen MR) is 69.6 cm³/mol. The van der Waals surface area contributed by atoms with E-state index in [-0.39, 0.29) is 0 Å². The molecular weight excluding hydrogens is 196 g/mol. The minimum atomic E-state index is 0.776. The van der Waals surface area contributed by atoms with Crippen molar-refractivity contribution in [3.8, 4) is 0 Å². The Morgan fingerprint density at radius 2 is 1.94 bits per heavy atom. The quantitative estimate of drug-likeness (QED) is 0.746. The molecule has 0 radical (unpaired) electrons. The van der Waals surface area contributed by atoms with Crippen LogP contribution in [-0.4, -0.2) is 37.6 Å². The molecule has 94 valence electrons. The first-order chi connectivity index (χ1) is 7.72. The second-order valence-corrected chi connectivity index (χ2v) is 5.98. The van der Waals surface area contributed by atoms with E-state index in [1.165, 1.54) is 45.1 Å². The van der Waals surface area contributed by atoms with Crippen molar-refractivity contribution in [3.05, 3.63) is 0 Å². The van der Waals surface area contributed by atoms with Gasteiger partial charge in [0.05, 0.1) is 0 Å². The number of likely N-dealkylation sites (N-methyl/N-ethyl adjacent to an activating group) is 1. The van der Waals surface area contributed by atoms with Crippen LogP contribution in [0.25, 0.3) is 0 Å². The lowest BCUT2D eigenvalue weighted by Crippen LogP contribution is -2.44. The summed E-state index contributed by atoms with van der Waals surface area (Å²) in [4.78, 5) is 2.42. The van der Waals surface area contributed by atoms with E-state index in [4.69, 9.17) is 0 Å². The Labute approximate surface area is 101 Å². The smallest absolute Gasteiger partial charge is 0.0242 e. The fourth-order valence-electron chi connectivity index (χ4n) is 3.32. The molecule has 1 N–H and O–H groups in total. The summed E-state index contributed by atoms with van der Waals surface area (Å²) in [6.45, 7) is 3.55. The van der Waals surface area contributed by atoms with Gasteiger partial charge in [0.15, 0.2) is 0 Å². The highest BCUT2D eigenvalue weighted by Gasteiger charge is 2.33. The van der Waals surface area contributed by atoms with E-state index in [2.05, 4.69) is 31.2 Å². The van der Waals surface area contributed by atoms with Crippen molar-refractivity contribution in [3.63, 3.8) is 0 Å². The van der Waals surface area contributed by atoms with Crippen molar-refractivity contribution in [2.45, 2.75) is 57.5 Å². The number of hydrogen-bond acceptors (Lipinski definition) is 2. The number of rotatable bonds is 6. The van der Waals surface area contributed by atoms with Crippen LogP contribution in [0.5, 0.6) is 0 Å². The van der Waals surface area contributed by atoms with Crippen LogP contribution in [0.1, 0.15) is 45.4 Å². The second-order valence-electron chi connectivity index (χ2n) is 5.98. The number of nitrogens with one attached hydrogen (secondary N) is 1. The van der Waals surface area contributed by atoms with Crippen molar-refractivity contribution in [1.29, 1.82) is 0 Å². The molecule has 3 unspecified atom stereocenters. The molecule has 2 fully saturated rings. The van der Waals surface area contributed by atoms with Gasteiger partial charge in [-0.15, -0.1) is 0 Å². The Morgan fingerprint density at radius 3 is 2.50 bits per heavy atom. The molecule has 2 nitrogen and oxygen atoms in total. The maximum absolute atomic E-state index is 3.84. The fourth-order valence-corrected chi connectivity index (χ4v) is 3.32. The van der Waals surface area contributed by atoms with Gasteiger partial charge in [-0.25, -0.2) is 0 Å². The lowest BCUT2D eigenvalue weighted by Gasteiger charge is -2.28. The van der Waals surface area contributed by atoms with E-state index in [9.17, 15) is 0 Å². The second kappa shape index (κ2) is 5.50. The molecule has 2 aliphatic carbocycles. The third-order valence-corrected chi connectivity index (χ3v) is 4.60. The zero-order valence-corrected chi connectivity index (χ0v) is 11.2. The van der Waals surface area contributed by atoms with Gasteiger partial charge in [0.1, 0.15) is 0 Å². The van der Waals surface area contributed by atoms with Crippen LogP contribution in [0.15, 0.2) is 0 Å². The summed E-state index contributed by atoms with van der Waals surface area (Å²) >= 11 is 0. The maximum atomic E-state index is 3.84. The van der Waals surface area contributed by atoms with Crippen molar-refractivity contribution >= 4 is 0 Å². The zero-order chi connectivity index (χ0) is 11.5. The molecular formula is C14H28N2. The Bertz CT molecular complexity index is 209. The Morgan fingerprint density at radius 1 is 1.19 bits per heavy atom. The highest BCUT2D eigenvalue weighted by Crippen LogP contribution is 2.35. The van der Waals surface area contributed by atoms with Gasteiger partial charge in [0.2, 0.25) is 0 Å². The van der Waals surface area contributed by atoms with Gasteiger partial charge < -0.3 is 10.2 Å². The van der Waals surface area contributed by atoms with Crippen LogP contribution in [0, 0.1) is 11.8 Å². The van der Waals surface area contributed by atoms with Crippen LogP contribution in [0.2, 0.25) is 0 Å². The molecule has 2 aliphatic rings. The van der Waals surface area contributed by atoms with Gasteiger partial charge in [0.25, 0.3) is 0 Å². The van der Waals surface area contributed by atoms with Gasteiger partial charge in [-0.1, -0.05) is 19.8 Å². The summed E-state index contributed by atoms with van der Waals surface area (Å²) in [5, 5.41) is 3.84. The Balaban J connectivity index is 1.76. The minimum absolute atomic E-state index is 0.776. The monoisotopic (exact) mass is 224 g/mol. The molecule has 16 heavy (non-hydrogen) atoms. The molecule has 2 saturated carbocycles. The standard InChI is InChI=1S/C14H28N2/c1-4-11-6-5-7-13(11)15-10-14(16(2)3)12-8-9-12/h11-15H,4-10H2,1-3H3. The van der Waals surface area contributed by atoms with Crippen LogP contribution >= 0.6 is 0 Å². The van der Waals surface area contributed by atoms with Crippen molar-refractivity contribution < 1.29 is 0 Å². The molecule has 0 bridgehead atoms. The zero-order valence-electron chi connectivity index (χ0n) is 11.2. The lowest BCUT2D eigenvalue weighted by atomic mass is 10.00. The summed E-state index contributed by atoms with van der Waals surface area (Å²) in [5.41, 5.74) is 0. The molecule has 0 aromatic rings. The lowest BCUT2D eigenvalue weighted by molar-refractivity contribution is 0.239. The van der Waals surface area contributed by atoms with Gasteiger partial charge in [-0.05, 0) is 51.6 Å². The third kappa shape index (κ3) is 2.98. The Hall–Kier alpha value is -0.0800. The summed E-state index contributed by atoms with van der Waals surface area (Å²) in [6.07, 6.45) is 8.55. The number of nitrogens with zero attached hydrogens (tertiary/aromatic N) is 1. The summed E-state index contributed by atoms with van der Waals surface area (Å²) < 4.78 is 0. The minimum Gasteiger partial charge on any atom is -0.312 e. The molecule has 0 aromatic heterocycles. The molecule has 0 amide bonds. The SMILES string of the molecule is CCC1CCCC1NCC(C1CC1)N(C)C. The molecule has 0 spiro atoms. The van der Waals surface area contributed by atoms with Gasteiger partial charge in [-0.3, -0.25) is 0 Å². The molecule has 2 rings (SSSR count). The van der Waals surface area contributed by atoms with Crippen LogP contribution < -0.4 is 5.32 Å². The van der Waals surface area contributed by atoms with Crippen LogP contribution in [0.4, 0.5) is 0 Å². The highest BCUT2D eigenvalue weighted by molar-refractivity contribution is 4.90. The van der Waals surface area contributed by atoms with Crippen molar-refractivity contribution in [2.75, 3.05) is 20.6 Å². The van der Waals surface area contributed by atoms with E-state index in [0.29, 0.717) is 0 Å². The molecule has 0 aliphatic heterocycles. The molecule has 0 heterocycles. The third-order valence-electron chi connectivity index (χ3n) is 4.60. The van der Waals surface area contributed by atoms with Crippen LogP contribution in [-0.2, 0) is 0 Å². The van der Waals surface area contributed by atoms with E-state index >= 15 is 0 Å². The van der Waals surface area contributed by atoms with Crippen molar-refractivity contribution in [2.24, 2.45) is 11.8 Å². The first-order valence-corrected chi connectivity index (χ1v) is 7.12. The van der Waals surface area contributed by atoms with E-state index in [0.717, 1.165) is 23.9 Å². The first-order valence-electron chi connectivity index (χ1n) is 7.12.